The number of carbonyl (C=O) groups excluding carboxylic acids is 4. The summed E-state index contributed by atoms with van der Waals surface area (Å²) in [6.45, 7) is 0. The fourth-order valence-corrected chi connectivity index (χ4v) is 9.93. The number of rotatable bonds is 20. The molecule has 0 heterocycles. The number of hydrogen-bond donors (Lipinski definition) is 0. The fraction of sp³-hybridized carbons (Fsp3) is 0.0455. The third-order valence-electron chi connectivity index (χ3n) is 15.1. The predicted octanol–water partition coefficient (Wildman–Crippen LogP) is 21.4. The Morgan fingerprint density at radius 3 is 0.625 bits per heavy atom. The maximum Gasteiger partial charge on any atom is 0.185 e. The molecule has 0 unspecified atom stereocenters. The van der Waals surface area contributed by atoms with E-state index in [0.29, 0.717) is 22.3 Å². The van der Waals surface area contributed by atoms with Gasteiger partial charge in [0.1, 0.15) is 0 Å². The van der Waals surface area contributed by atoms with Crippen LogP contribution in [0, 0.1) is 0 Å². The number of nitrogens with zero attached hydrogens (tertiary/aromatic N) is 4. The molecule has 0 aromatic heterocycles. The largest absolute Gasteiger partial charge is 0.378 e. The summed E-state index contributed by atoms with van der Waals surface area (Å²) in [5.41, 5.74) is 15.5. The molecular weight excluding hydrogens is 1180 g/mol. The lowest BCUT2D eigenvalue weighted by Gasteiger charge is -2.25. The second-order valence-corrected chi connectivity index (χ2v) is 22.4. The lowest BCUT2D eigenvalue weighted by atomic mass is 10.1. The van der Waals surface area contributed by atoms with Gasteiger partial charge in [-0.25, -0.2) is 0 Å². The third-order valence-corrected chi connectivity index (χ3v) is 15.1. The molecule has 0 N–H and O–H groups in total. The summed E-state index contributed by atoms with van der Waals surface area (Å²) < 4.78 is 0. The van der Waals surface area contributed by atoms with Crippen LogP contribution < -0.4 is 19.6 Å². The molecule has 12 aromatic rings. The van der Waals surface area contributed by atoms with Crippen LogP contribution in [0.15, 0.2) is 364 Å². The monoisotopic (exact) mass is 1250 g/mol. The molecule has 0 saturated heterocycles. The van der Waals surface area contributed by atoms with Gasteiger partial charge in [-0.05, 0) is 168 Å². The Kier molecular flexibility index (Phi) is 25.4. The minimum Gasteiger partial charge on any atom is -0.378 e. The molecule has 0 atom stereocenters. The van der Waals surface area contributed by atoms with Gasteiger partial charge < -0.3 is 19.6 Å². The van der Waals surface area contributed by atoms with Gasteiger partial charge in [0.25, 0.3) is 0 Å². The molecule has 12 rings (SSSR count). The molecule has 0 amide bonds. The van der Waals surface area contributed by atoms with E-state index in [1.165, 1.54) is 0 Å². The minimum absolute atomic E-state index is 0.00451. The first-order valence-corrected chi connectivity index (χ1v) is 31.6. The van der Waals surface area contributed by atoms with E-state index in [0.717, 1.165) is 67.8 Å². The summed E-state index contributed by atoms with van der Waals surface area (Å²) in [6.07, 6.45) is 13.8. The summed E-state index contributed by atoms with van der Waals surface area (Å²) >= 11 is 0. The highest BCUT2D eigenvalue weighted by Gasteiger charge is 2.14. The van der Waals surface area contributed by atoms with E-state index in [-0.39, 0.29) is 23.1 Å². The standard InChI is InChI=1S/2C27H21NO.2C17H17NO/c29-27(21-16-22-10-4-1-5-11-22)23-17-19-26(20-18-23)28(24-12-6-2-7-13-24)25-14-8-3-9-15-25;29-27(23-10-4-1-5-11-23)21-18-22-16-19-26(20-17-22)28(24-12-6-2-7-13-24)25-14-8-3-9-15-25;1-18(2)16-11-9-15(10-12-16)17(19)13-8-14-6-4-3-5-7-14;1-18(2)16-11-8-14(9-12-16)10-13-17(19)15-6-4-3-5-7-15/h2*1-21H;2*3-13H,1-2H3. The van der Waals surface area contributed by atoms with Crippen molar-refractivity contribution in [1.29, 1.82) is 0 Å². The van der Waals surface area contributed by atoms with Gasteiger partial charge in [0.05, 0.1) is 0 Å². The molecule has 0 spiro atoms. The normalized spacial score (nSPS) is 10.7. The number of carbonyl (C=O) groups is 4. The summed E-state index contributed by atoms with van der Waals surface area (Å²) in [5, 5.41) is 0. The van der Waals surface area contributed by atoms with Crippen molar-refractivity contribution in [2.75, 3.05) is 47.8 Å². The van der Waals surface area contributed by atoms with E-state index in [1.54, 1.807) is 24.3 Å². The molecule has 0 saturated carbocycles. The first-order chi connectivity index (χ1) is 46.9. The number of ketones is 4. The van der Waals surface area contributed by atoms with Crippen molar-refractivity contribution >= 4 is 92.9 Å². The molecule has 8 nitrogen and oxygen atoms in total. The van der Waals surface area contributed by atoms with Crippen molar-refractivity contribution in [2.24, 2.45) is 0 Å². The third kappa shape index (κ3) is 20.7. The van der Waals surface area contributed by atoms with Gasteiger partial charge in [0.2, 0.25) is 0 Å². The molecular formula is C88H76N4O4. The van der Waals surface area contributed by atoms with Crippen molar-refractivity contribution in [2.45, 2.75) is 0 Å². The van der Waals surface area contributed by atoms with Gasteiger partial charge in [-0.2, -0.15) is 0 Å². The first-order valence-electron chi connectivity index (χ1n) is 31.6. The quantitative estimate of drug-likeness (QED) is 0.0551. The van der Waals surface area contributed by atoms with Crippen LogP contribution in [0.25, 0.3) is 24.3 Å². The highest BCUT2D eigenvalue weighted by atomic mass is 16.1. The van der Waals surface area contributed by atoms with Crippen LogP contribution in [0.3, 0.4) is 0 Å². The van der Waals surface area contributed by atoms with Crippen LogP contribution in [0.5, 0.6) is 0 Å². The molecule has 96 heavy (non-hydrogen) atoms. The van der Waals surface area contributed by atoms with Crippen LogP contribution in [-0.2, 0) is 0 Å². The van der Waals surface area contributed by atoms with E-state index in [4.69, 9.17) is 0 Å². The summed E-state index contributed by atoms with van der Waals surface area (Å²) in [6, 6.07) is 111. The zero-order chi connectivity index (χ0) is 67.1. The van der Waals surface area contributed by atoms with Crippen LogP contribution in [-0.4, -0.2) is 51.3 Å². The predicted molar refractivity (Wildman–Crippen MR) is 403 cm³/mol. The van der Waals surface area contributed by atoms with Gasteiger partial charge in [0, 0.05) is 95.9 Å². The number of anilines is 8. The van der Waals surface area contributed by atoms with Crippen LogP contribution in [0.4, 0.5) is 45.5 Å². The molecule has 0 aliphatic heterocycles. The van der Waals surface area contributed by atoms with Gasteiger partial charge >= 0.3 is 0 Å². The van der Waals surface area contributed by atoms with Gasteiger partial charge in [-0.1, -0.05) is 243 Å². The first kappa shape index (κ1) is 67.9. The zero-order valence-corrected chi connectivity index (χ0v) is 54.4. The SMILES string of the molecule is CN(C)c1ccc(C(=O)C=Cc2ccccc2)cc1.CN(C)c1ccc(C=CC(=O)c2ccccc2)cc1.O=C(C=Cc1ccc(N(c2ccccc2)c2ccccc2)cc1)c1ccccc1.O=C(C=Cc1ccccc1)c1ccc(N(c2ccccc2)c2ccccc2)cc1. The van der Waals surface area contributed by atoms with Crippen LogP contribution in [0.1, 0.15) is 63.7 Å². The van der Waals surface area contributed by atoms with Crippen molar-refractivity contribution in [3.05, 3.63) is 409 Å². The summed E-state index contributed by atoms with van der Waals surface area (Å²) in [5.74, 6) is 0.0442. The Morgan fingerprint density at radius 1 is 0.198 bits per heavy atom. The number of hydrogen-bond acceptors (Lipinski definition) is 8. The maximum absolute atomic E-state index is 12.5. The highest BCUT2D eigenvalue weighted by molar-refractivity contribution is 6.09. The van der Waals surface area contributed by atoms with Crippen molar-refractivity contribution < 1.29 is 19.2 Å². The second-order valence-electron chi connectivity index (χ2n) is 22.4. The van der Waals surface area contributed by atoms with E-state index in [2.05, 4.69) is 70.5 Å². The summed E-state index contributed by atoms with van der Waals surface area (Å²) in [7, 11) is 7.96. The Balaban J connectivity index is 0.000000153. The topological polar surface area (TPSA) is 81.2 Å². The summed E-state index contributed by atoms with van der Waals surface area (Å²) in [4.78, 5) is 57.1. The number of allylic oxidation sites excluding steroid dienone is 4. The average Bonchev–Trinajstić information content (AvgIpc) is 0.863. The molecule has 12 aromatic carbocycles. The molecule has 0 radical (unpaired) electrons. The van der Waals surface area contributed by atoms with E-state index < -0.39 is 0 Å². The van der Waals surface area contributed by atoms with Crippen LogP contribution in [0.2, 0.25) is 0 Å². The van der Waals surface area contributed by atoms with Crippen molar-refractivity contribution in [3.63, 3.8) is 0 Å². The minimum atomic E-state index is -0.00799. The van der Waals surface area contributed by atoms with Gasteiger partial charge in [0.15, 0.2) is 23.1 Å². The van der Waals surface area contributed by atoms with E-state index in [1.807, 2.05) is 341 Å². The Morgan fingerprint density at radius 2 is 0.375 bits per heavy atom. The number of benzene rings is 12. The molecule has 8 heteroatoms. The molecule has 0 aliphatic carbocycles. The van der Waals surface area contributed by atoms with E-state index in [9.17, 15) is 19.2 Å². The molecule has 472 valence electrons. The maximum atomic E-state index is 12.5. The lowest BCUT2D eigenvalue weighted by molar-refractivity contribution is 0.103. The highest BCUT2D eigenvalue weighted by Crippen LogP contribution is 2.36. The number of para-hydroxylation sites is 4. The molecule has 0 bridgehead atoms. The van der Waals surface area contributed by atoms with Gasteiger partial charge in [-0.3, -0.25) is 19.2 Å². The smallest absolute Gasteiger partial charge is 0.185 e. The fourth-order valence-electron chi connectivity index (χ4n) is 9.93. The zero-order valence-electron chi connectivity index (χ0n) is 54.4. The lowest BCUT2D eigenvalue weighted by Crippen LogP contribution is -2.09. The Hall–Kier alpha value is -12.5. The van der Waals surface area contributed by atoms with Crippen LogP contribution >= 0.6 is 0 Å². The van der Waals surface area contributed by atoms with Crippen molar-refractivity contribution in [3.8, 4) is 0 Å². The molecule has 0 aliphatic rings. The Labute approximate surface area is 565 Å². The average molecular weight is 1250 g/mol. The molecule has 0 fully saturated rings. The van der Waals surface area contributed by atoms with E-state index >= 15 is 0 Å². The Bertz CT molecular complexity index is 4370. The van der Waals surface area contributed by atoms with Gasteiger partial charge in [-0.15, -0.1) is 0 Å². The van der Waals surface area contributed by atoms with Crippen molar-refractivity contribution in [1.82, 2.24) is 0 Å². The second kappa shape index (κ2) is 35.9.